The topological polar surface area (TPSA) is 165 Å². The number of ether oxygens (including phenoxy) is 3. The highest BCUT2D eigenvalue weighted by Gasteiger charge is 2.30. The van der Waals surface area contributed by atoms with E-state index in [1.165, 1.54) is 0 Å². The van der Waals surface area contributed by atoms with E-state index < -0.39 is 41.5 Å². The van der Waals surface area contributed by atoms with Crippen LogP contribution in [0.2, 0.25) is 0 Å². The molecule has 0 aliphatic heterocycles. The summed E-state index contributed by atoms with van der Waals surface area (Å²) >= 11 is 0. The quantitative estimate of drug-likeness (QED) is 0.129. The second kappa shape index (κ2) is 14.4. The molecule has 248 valence electrons. The molecule has 3 aromatic rings. The summed E-state index contributed by atoms with van der Waals surface area (Å²) in [5, 5.41) is 17.6. The first kappa shape index (κ1) is 34.5. The maximum atomic E-state index is 12.8. The number of guanidine groups is 1. The summed E-state index contributed by atoms with van der Waals surface area (Å²) in [7, 11) is 0. The van der Waals surface area contributed by atoms with Crippen molar-refractivity contribution in [3.8, 4) is 11.1 Å². The Morgan fingerprint density at radius 3 is 1.98 bits per heavy atom. The predicted octanol–water partition coefficient (Wildman–Crippen LogP) is 6.45. The van der Waals surface area contributed by atoms with Crippen LogP contribution in [0.3, 0.4) is 0 Å². The Bertz CT molecular complexity index is 1630. The van der Waals surface area contributed by atoms with Gasteiger partial charge in [-0.2, -0.15) is 0 Å². The zero-order chi connectivity index (χ0) is 34.4. The lowest BCUT2D eigenvalue weighted by atomic mass is 9.98. The van der Waals surface area contributed by atoms with Crippen LogP contribution in [0, 0.1) is 0 Å². The molecule has 0 saturated heterocycles. The van der Waals surface area contributed by atoms with Crippen molar-refractivity contribution in [3.63, 3.8) is 0 Å². The fraction of sp³-hybridized carbons (Fsp3) is 0.343. The predicted molar refractivity (Wildman–Crippen MR) is 176 cm³/mol. The number of rotatable bonds is 7. The van der Waals surface area contributed by atoms with E-state index in [2.05, 4.69) is 20.9 Å². The lowest BCUT2D eigenvalue weighted by molar-refractivity contribution is -0.139. The summed E-state index contributed by atoms with van der Waals surface area (Å²) in [6.45, 7) is 10.1. The maximum absolute atomic E-state index is 12.8. The standard InChI is InChI=1S/C35H40N4O8/c1-34(2,3)46-32(43)38-30(39-33(44)47-35(4,5)6)36-22-13-11-12-21(18-22)19-28(29(40)41)37-31(42)45-20-27-25-16-9-7-14-23(25)24-15-8-10-17-26(24)27/h7-18,27-28H,19-20H2,1-6H3,(H,37,42)(H,40,41)(H2,36,38,39,43,44)/t28-/m0/s1. The van der Waals surface area contributed by atoms with E-state index in [4.69, 9.17) is 14.2 Å². The average molecular weight is 645 g/mol. The van der Waals surface area contributed by atoms with Gasteiger partial charge in [-0.3, -0.25) is 5.32 Å². The minimum atomic E-state index is -1.31. The van der Waals surface area contributed by atoms with E-state index in [-0.39, 0.29) is 24.9 Å². The molecule has 0 aromatic heterocycles. The summed E-state index contributed by atoms with van der Waals surface area (Å²) in [6.07, 6.45) is -2.76. The molecular weight excluding hydrogens is 604 g/mol. The van der Waals surface area contributed by atoms with Gasteiger partial charge in [0.2, 0.25) is 5.96 Å². The number of aliphatic carboxylic acids is 1. The Kier molecular flexibility index (Phi) is 10.5. The first-order valence-electron chi connectivity index (χ1n) is 15.1. The fourth-order valence-corrected chi connectivity index (χ4v) is 4.99. The van der Waals surface area contributed by atoms with Crippen molar-refractivity contribution < 1.29 is 38.5 Å². The van der Waals surface area contributed by atoms with Crippen LogP contribution >= 0.6 is 0 Å². The Hall–Kier alpha value is -5.39. The Labute approximate surface area is 273 Å². The van der Waals surface area contributed by atoms with Crippen molar-refractivity contribution in [1.29, 1.82) is 0 Å². The van der Waals surface area contributed by atoms with Crippen LogP contribution < -0.4 is 16.0 Å². The number of amides is 3. The van der Waals surface area contributed by atoms with Crippen LogP contribution in [0.4, 0.5) is 20.1 Å². The number of nitrogens with zero attached hydrogens (tertiary/aromatic N) is 1. The molecule has 0 unspecified atom stereocenters. The molecule has 4 rings (SSSR count). The molecule has 0 fully saturated rings. The number of fused-ring (bicyclic) bond motifs is 3. The molecule has 1 aliphatic carbocycles. The van der Waals surface area contributed by atoms with E-state index in [0.29, 0.717) is 11.3 Å². The Morgan fingerprint density at radius 2 is 1.40 bits per heavy atom. The summed E-state index contributed by atoms with van der Waals surface area (Å²) in [4.78, 5) is 53.7. The van der Waals surface area contributed by atoms with Gasteiger partial charge in [0.25, 0.3) is 0 Å². The fourth-order valence-electron chi connectivity index (χ4n) is 4.99. The number of alkyl carbamates (subject to hydrolysis) is 2. The molecule has 0 heterocycles. The van der Waals surface area contributed by atoms with E-state index >= 15 is 0 Å². The van der Waals surface area contributed by atoms with Gasteiger partial charge in [-0.05, 0) is 81.5 Å². The van der Waals surface area contributed by atoms with Gasteiger partial charge in [-0.25, -0.2) is 19.2 Å². The van der Waals surface area contributed by atoms with Gasteiger partial charge in [0.05, 0.1) is 0 Å². The van der Waals surface area contributed by atoms with E-state index in [1.54, 1.807) is 65.8 Å². The highest BCUT2D eigenvalue weighted by Crippen LogP contribution is 2.44. The number of carbonyl (C=O) groups excluding carboxylic acids is 3. The number of carboxylic acids is 1. The number of hydrogen-bond donors (Lipinski definition) is 4. The molecule has 0 spiro atoms. The number of aliphatic imine (C=N–C) groups is 1. The first-order valence-corrected chi connectivity index (χ1v) is 15.1. The summed E-state index contributed by atoms with van der Waals surface area (Å²) in [5.41, 5.74) is 3.48. The first-order chi connectivity index (χ1) is 22.1. The number of carboxylic acid groups (broad SMARTS) is 1. The third-order valence-electron chi connectivity index (χ3n) is 6.78. The van der Waals surface area contributed by atoms with Crippen LogP contribution in [-0.2, 0) is 25.4 Å². The molecule has 1 aliphatic rings. The Balaban J connectivity index is 1.43. The van der Waals surface area contributed by atoms with Crippen LogP contribution in [0.15, 0.2) is 77.8 Å². The van der Waals surface area contributed by atoms with Gasteiger partial charge in [0, 0.05) is 18.0 Å². The van der Waals surface area contributed by atoms with Gasteiger partial charge in [0.15, 0.2) is 0 Å². The monoisotopic (exact) mass is 644 g/mol. The molecule has 0 radical (unpaired) electrons. The summed E-state index contributed by atoms with van der Waals surface area (Å²) < 4.78 is 16.1. The van der Waals surface area contributed by atoms with Crippen molar-refractivity contribution in [2.24, 2.45) is 4.99 Å². The molecule has 12 nitrogen and oxygen atoms in total. The normalized spacial score (nSPS) is 13.4. The minimum Gasteiger partial charge on any atom is -0.480 e. The summed E-state index contributed by atoms with van der Waals surface area (Å²) in [6, 6.07) is 21.0. The van der Waals surface area contributed by atoms with E-state index in [1.807, 2.05) is 48.5 Å². The summed E-state index contributed by atoms with van der Waals surface area (Å²) in [5.74, 6) is -1.70. The number of carbonyl (C=O) groups is 4. The second-order valence-electron chi connectivity index (χ2n) is 13.0. The number of anilines is 1. The highest BCUT2D eigenvalue weighted by atomic mass is 16.6. The molecule has 47 heavy (non-hydrogen) atoms. The van der Waals surface area contributed by atoms with Crippen molar-refractivity contribution in [1.82, 2.24) is 10.6 Å². The molecule has 1 atom stereocenters. The average Bonchev–Trinajstić information content (AvgIpc) is 3.27. The van der Waals surface area contributed by atoms with Crippen molar-refractivity contribution >= 4 is 35.9 Å². The largest absolute Gasteiger partial charge is 0.480 e. The molecule has 3 amide bonds. The van der Waals surface area contributed by atoms with E-state index in [9.17, 15) is 24.3 Å². The van der Waals surface area contributed by atoms with Crippen LogP contribution in [0.25, 0.3) is 11.1 Å². The third-order valence-corrected chi connectivity index (χ3v) is 6.78. The van der Waals surface area contributed by atoms with Gasteiger partial charge in [0.1, 0.15) is 23.9 Å². The van der Waals surface area contributed by atoms with E-state index in [0.717, 1.165) is 22.3 Å². The molecule has 12 heteroatoms. The number of hydrogen-bond acceptors (Lipinski definition) is 7. The smallest absolute Gasteiger partial charge is 0.437 e. The van der Waals surface area contributed by atoms with Gasteiger partial charge < -0.3 is 30.0 Å². The van der Waals surface area contributed by atoms with Crippen LogP contribution in [0.5, 0.6) is 0 Å². The molecule has 3 aromatic carbocycles. The van der Waals surface area contributed by atoms with Crippen molar-refractivity contribution in [3.05, 3.63) is 89.5 Å². The second-order valence-corrected chi connectivity index (χ2v) is 13.0. The number of benzene rings is 3. The van der Waals surface area contributed by atoms with Crippen molar-refractivity contribution in [2.75, 3.05) is 11.9 Å². The minimum absolute atomic E-state index is 0.0377. The molecule has 4 N–H and O–H groups in total. The van der Waals surface area contributed by atoms with Crippen LogP contribution in [0.1, 0.15) is 64.2 Å². The molecule has 0 saturated carbocycles. The SMILES string of the molecule is CC(C)(C)OC(=O)/N=C(\NC(=O)OC(C)(C)C)Nc1cccc(C[C@H](NC(=O)OCC2c3ccccc3-c3ccccc32)C(=O)O)c1. The molecular formula is C35H40N4O8. The molecule has 0 bridgehead atoms. The lowest BCUT2D eigenvalue weighted by Gasteiger charge is -2.21. The third kappa shape index (κ3) is 10.1. The maximum Gasteiger partial charge on any atom is 0.437 e. The zero-order valence-corrected chi connectivity index (χ0v) is 27.2. The number of nitrogens with one attached hydrogen (secondary N) is 3. The van der Waals surface area contributed by atoms with Gasteiger partial charge >= 0.3 is 24.2 Å². The zero-order valence-electron chi connectivity index (χ0n) is 27.2. The Morgan fingerprint density at radius 1 is 0.809 bits per heavy atom. The highest BCUT2D eigenvalue weighted by molar-refractivity contribution is 6.06. The van der Waals surface area contributed by atoms with Gasteiger partial charge in [-0.1, -0.05) is 60.7 Å². The lowest BCUT2D eigenvalue weighted by Crippen LogP contribution is -2.43. The van der Waals surface area contributed by atoms with Gasteiger partial charge in [-0.15, -0.1) is 4.99 Å². The van der Waals surface area contributed by atoms with Crippen molar-refractivity contribution in [2.45, 2.75) is 71.1 Å². The van der Waals surface area contributed by atoms with Crippen LogP contribution in [-0.4, -0.2) is 59.2 Å².